The van der Waals surface area contributed by atoms with Gasteiger partial charge in [-0.3, -0.25) is 4.98 Å². The van der Waals surface area contributed by atoms with Crippen molar-refractivity contribution >= 4 is 26.7 Å². The molecule has 9 heteroatoms. The zero-order valence-electron chi connectivity index (χ0n) is 15.3. The molecule has 1 N–H and O–H groups in total. The fraction of sp³-hybridized carbons (Fsp3) is 0.316. The number of nitrogens with one attached hydrogen (secondary N) is 1. The number of pyridine rings is 1. The van der Waals surface area contributed by atoms with Crippen molar-refractivity contribution < 1.29 is 8.42 Å². The Morgan fingerprint density at radius 3 is 2.89 bits per heavy atom. The van der Waals surface area contributed by atoms with E-state index in [1.54, 1.807) is 19.3 Å². The van der Waals surface area contributed by atoms with Crippen LogP contribution in [0.2, 0.25) is 0 Å². The lowest BCUT2D eigenvalue weighted by molar-refractivity contribution is 0.0851. The van der Waals surface area contributed by atoms with Crippen LogP contribution in [-0.4, -0.2) is 46.1 Å². The first-order valence-corrected chi connectivity index (χ1v) is 10.4. The minimum atomic E-state index is -3.28. The Labute approximate surface area is 162 Å². The molecule has 1 saturated heterocycles. The van der Waals surface area contributed by atoms with Crippen molar-refractivity contribution in [1.29, 1.82) is 5.26 Å². The number of hydrogen-bond donors (Lipinski definition) is 1. The van der Waals surface area contributed by atoms with Crippen molar-refractivity contribution in [3.8, 4) is 17.2 Å². The number of sulfonamides is 1. The van der Waals surface area contributed by atoms with Crippen LogP contribution >= 0.6 is 0 Å². The van der Waals surface area contributed by atoms with Gasteiger partial charge >= 0.3 is 0 Å². The van der Waals surface area contributed by atoms with Crippen LogP contribution in [0.15, 0.2) is 36.9 Å². The summed E-state index contributed by atoms with van der Waals surface area (Å²) < 4.78 is 27.6. The molecular weight excluding hydrogens is 376 g/mol. The molecule has 142 valence electrons. The second-order valence-corrected chi connectivity index (χ2v) is 9.16. The van der Waals surface area contributed by atoms with Crippen LogP contribution in [0.3, 0.4) is 0 Å². The van der Waals surface area contributed by atoms with Gasteiger partial charge in [-0.05, 0) is 24.6 Å². The summed E-state index contributed by atoms with van der Waals surface area (Å²) in [5.74, 6) is 0.0451. The van der Waals surface area contributed by atoms with Crippen LogP contribution in [-0.2, 0) is 15.6 Å². The molecule has 0 amide bonds. The van der Waals surface area contributed by atoms with E-state index in [0.29, 0.717) is 11.3 Å². The molecule has 3 aromatic rings. The first kappa shape index (κ1) is 18.2. The number of nitrogens with zero attached hydrogens (tertiary/aromatic N) is 5. The van der Waals surface area contributed by atoms with Crippen molar-refractivity contribution in [1.82, 2.24) is 18.8 Å². The highest BCUT2D eigenvalue weighted by Crippen LogP contribution is 2.40. The average molecular weight is 394 g/mol. The molecule has 0 saturated carbocycles. The molecule has 0 atom stereocenters. The van der Waals surface area contributed by atoms with Gasteiger partial charge in [0.15, 0.2) is 0 Å². The quantitative estimate of drug-likeness (QED) is 0.673. The van der Waals surface area contributed by atoms with Crippen LogP contribution in [0.25, 0.3) is 27.0 Å². The molecule has 4 heterocycles. The maximum atomic E-state index is 12.1. The fourth-order valence-corrected chi connectivity index (χ4v) is 4.97. The van der Waals surface area contributed by atoms with Crippen LogP contribution < -0.4 is 0 Å². The van der Waals surface area contributed by atoms with Crippen molar-refractivity contribution in [2.75, 3.05) is 18.8 Å². The van der Waals surface area contributed by atoms with Crippen LogP contribution in [0.1, 0.15) is 13.3 Å². The predicted molar refractivity (Wildman–Crippen MR) is 105 cm³/mol. The smallest absolute Gasteiger partial charge is 0.213 e. The summed E-state index contributed by atoms with van der Waals surface area (Å²) in [5, 5.41) is 10.2. The average Bonchev–Trinajstić information content (AvgIpc) is 3.32. The van der Waals surface area contributed by atoms with Crippen molar-refractivity contribution in [2.45, 2.75) is 18.9 Å². The summed E-state index contributed by atoms with van der Waals surface area (Å²) in [4.78, 5) is 10.9. The molecule has 0 aromatic carbocycles. The maximum absolute atomic E-state index is 12.1. The van der Waals surface area contributed by atoms with Gasteiger partial charge < -0.3 is 9.55 Å². The summed E-state index contributed by atoms with van der Waals surface area (Å²) in [6.45, 7) is 9.64. The molecule has 1 aliphatic rings. The molecule has 0 bridgehead atoms. The first-order chi connectivity index (χ1) is 13.4. The third-order valence-electron chi connectivity index (χ3n) is 5.32. The molecule has 1 aliphatic heterocycles. The zero-order chi connectivity index (χ0) is 19.9. The van der Waals surface area contributed by atoms with E-state index >= 15 is 0 Å². The van der Waals surface area contributed by atoms with Gasteiger partial charge in [0, 0.05) is 48.8 Å². The summed E-state index contributed by atoms with van der Waals surface area (Å²) in [5.41, 5.74) is 2.18. The lowest BCUT2D eigenvalue weighted by atomic mass is 9.89. The molecule has 0 unspecified atom stereocenters. The highest BCUT2D eigenvalue weighted by Gasteiger charge is 2.48. The van der Waals surface area contributed by atoms with Crippen molar-refractivity contribution in [3.63, 3.8) is 0 Å². The highest BCUT2D eigenvalue weighted by atomic mass is 32.2. The Hall–Kier alpha value is -3.14. The summed E-state index contributed by atoms with van der Waals surface area (Å²) in [6.07, 6.45) is 7.28. The van der Waals surface area contributed by atoms with Crippen LogP contribution in [0, 0.1) is 17.9 Å². The molecule has 4 rings (SSSR count). The van der Waals surface area contributed by atoms with E-state index in [4.69, 9.17) is 6.57 Å². The second-order valence-electron chi connectivity index (χ2n) is 6.91. The van der Waals surface area contributed by atoms with Gasteiger partial charge in [0.25, 0.3) is 0 Å². The van der Waals surface area contributed by atoms with Gasteiger partial charge in [-0.1, -0.05) is 0 Å². The largest absolute Gasteiger partial charge is 0.346 e. The number of H-pyrrole nitrogens is 1. The van der Waals surface area contributed by atoms with E-state index in [-0.39, 0.29) is 25.3 Å². The monoisotopic (exact) mass is 394 g/mol. The molecule has 0 radical (unpaired) electrons. The Morgan fingerprint density at radius 2 is 2.21 bits per heavy atom. The Balaban J connectivity index is 1.75. The van der Waals surface area contributed by atoms with Gasteiger partial charge in [-0.2, -0.15) is 9.57 Å². The van der Waals surface area contributed by atoms with Gasteiger partial charge in [0.05, 0.1) is 30.4 Å². The van der Waals surface area contributed by atoms with E-state index in [0.717, 1.165) is 16.5 Å². The third-order valence-corrected chi connectivity index (χ3v) is 7.10. The number of aromatic nitrogens is 3. The lowest BCUT2D eigenvalue weighted by Crippen LogP contribution is -2.63. The number of hydrogen-bond acceptors (Lipinski definition) is 4. The van der Waals surface area contributed by atoms with E-state index in [2.05, 4.69) is 20.9 Å². The molecule has 0 aliphatic carbocycles. The number of rotatable bonds is 5. The molecule has 0 spiro atoms. The summed E-state index contributed by atoms with van der Waals surface area (Å²) in [7, 11) is -3.28. The maximum Gasteiger partial charge on any atom is 0.213 e. The molecule has 3 aromatic heterocycles. The topological polar surface area (TPSA) is 99.1 Å². The van der Waals surface area contributed by atoms with E-state index in [1.807, 2.05) is 29.1 Å². The van der Waals surface area contributed by atoms with Gasteiger partial charge in [-0.25, -0.2) is 13.3 Å². The predicted octanol–water partition coefficient (Wildman–Crippen LogP) is 2.86. The second kappa shape index (κ2) is 6.48. The zero-order valence-corrected chi connectivity index (χ0v) is 16.1. The standard InChI is InChI=1S/C19H18N6O2S/c1-3-28(26,27)25-12-19(13-25,6-7-20)24-9-5-14(11-24)17-15-4-8-22-18(15)23-10-16(17)21-2/h4-5,8-11H,3,6,12-13H2,1H3,(H,22,23). The Kier molecular flexibility index (Phi) is 4.22. The fourth-order valence-electron chi connectivity index (χ4n) is 3.73. The number of aromatic amines is 1. The minimum absolute atomic E-state index is 0.0451. The SMILES string of the molecule is [C-]#[N+]c1cnc2[nH]ccc2c1-c1ccn(C2(CC#N)CN(S(=O)(=O)CC)C2)c1. The first-order valence-electron chi connectivity index (χ1n) is 8.81. The molecule has 1 fully saturated rings. The number of nitriles is 1. The van der Waals surface area contributed by atoms with Gasteiger partial charge in [0.2, 0.25) is 15.7 Å². The van der Waals surface area contributed by atoms with Crippen LogP contribution in [0.4, 0.5) is 5.69 Å². The van der Waals surface area contributed by atoms with Gasteiger partial charge in [-0.15, -0.1) is 0 Å². The summed E-state index contributed by atoms with van der Waals surface area (Å²) >= 11 is 0. The van der Waals surface area contributed by atoms with Gasteiger partial charge in [0.1, 0.15) is 5.65 Å². The minimum Gasteiger partial charge on any atom is -0.346 e. The lowest BCUT2D eigenvalue weighted by Gasteiger charge is -2.49. The van der Waals surface area contributed by atoms with Crippen LogP contribution in [0.5, 0.6) is 0 Å². The Bertz CT molecular complexity index is 1240. The molecule has 8 nitrogen and oxygen atoms in total. The van der Waals surface area contributed by atoms with E-state index in [9.17, 15) is 13.7 Å². The van der Waals surface area contributed by atoms with Crippen molar-refractivity contribution in [2.24, 2.45) is 0 Å². The molecule has 28 heavy (non-hydrogen) atoms. The summed E-state index contributed by atoms with van der Waals surface area (Å²) in [6, 6.07) is 5.97. The highest BCUT2D eigenvalue weighted by molar-refractivity contribution is 7.89. The molecular formula is C19H18N6O2S. The number of fused-ring (bicyclic) bond motifs is 1. The van der Waals surface area contributed by atoms with Crippen molar-refractivity contribution in [3.05, 3.63) is 48.3 Å². The van der Waals surface area contributed by atoms with E-state index in [1.165, 1.54) is 4.31 Å². The Morgan fingerprint density at radius 1 is 1.43 bits per heavy atom. The van der Waals surface area contributed by atoms with E-state index < -0.39 is 15.6 Å². The normalized spacial score (nSPS) is 16.4. The third kappa shape index (κ3) is 2.68.